The van der Waals surface area contributed by atoms with Crippen molar-refractivity contribution >= 4 is 0 Å². The topological polar surface area (TPSA) is 56.0 Å². The zero-order valence-corrected chi connectivity index (χ0v) is 12.5. The normalized spacial score (nSPS) is 35.7. The largest absolute Gasteiger partial charge is 0.393 e. The fraction of sp³-hybridized carbons (Fsp3) is 0.611. The smallest absolute Gasteiger partial charge is 0.0852 e. The quantitative estimate of drug-likeness (QED) is 0.894. The Bertz CT molecular complexity index is 502. The molecule has 0 aromatic heterocycles. The Kier molecular flexibility index (Phi) is 4.28. The lowest BCUT2D eigenvalue weighted by Crippen LogP contribution is -2.52. The highest BCUT2D eigenvalue weighted by Gasteiger charge is 2.46. The van der Waals surface area contributed by atoms with Crippen LogP contribution in [0.2, 0.25) is 0 Å². The first-order chi connectivity index (χ1) is 10.2. The number of nitriles is 1. The van der Waals surface area contributed by atoms with Crippen molar-refractivity contribution < 1.29 is 5.11 Å². The minimum Gasteiger partial charge on any atom is -0.393 e. The Balaban J connectivity index is 1.52. The van der Waals surface area contributed by atoms with Gasteiger partial charge in [-0.15, -0.1) is 0 Å². The van der Waals surface area contributed by atoms with Gasteiger partial charge in [0.2, 0.25) is 0 Å². The maximum absolute atomic E-state index is 10.0. The molecule has 2 atom stereocenters. The molecule has 2 aliphatic rings. The Morgan fingerprint density at radius 1 is 1.19 bits per heavy atom. The molecular weight excluding hydrogens is 260 g/mol. The van der Waals surface area contributed by atoms with Crippen LogP contribution in [0.25, 0.3) is 0 Å². The van der Waals surface area contributed by atoms with E-state index in [9.17, 15) is 10.4 Å². The lowest BCUT2D eigenvalue weighted by molar-refractivity contribution is 0.0640. The van der Waals surface area contributed by atoms with E-state index < -0.39 is 0 Å². The van der Waals surface area contributed by atoms with Crippen molar-refractivity contribution in [3.8, 4) is 6.07 Å². The molecule has 2 aliphatic carbocycles. The lowest BCUT2D eigenvalue weighted by atomic mass is 9.62. The number of hydrogen-bond donors (Lipinski definition) is 2. The molecule has 3 heteroatoms. The van der Waals surface area contributed by atoms with Crippen LogP contribution in [0.3, 0.4) is 0 Å². The average molecular weight is 284 g/mol. The van der Waals surface area contributed by atoms with E-state index in [1.54, 1.807) is 0 Å². The predicted octanol–water partition coefficient (Wildman–Crippen LogP) is 2.75. The summed E-state index contributed by atoms with van der Waals surface area (Å²) in [5, 5.41) is 23.1. The molecule has 21 heavy (non-hydrogen) atoms. The van der Waals surface area contributed by atoms with E-state index >= 15 is 0 Å². The highest BCUT2D eigenvalue weighted by atomic mass is 16.3. The predicted molar refractivity (Wildman–Crippen MR) is 82.7 cm³/mol. The molecule has 3 rings (SSSR count). The minimum absolute atomic E-state index is 0.138. The van der Waals surface area contributed by atoms with Gasteiger partial charge in [-0.2, -0.15) is 5.26 Å². The van der Waals surface area contributed by atoms with Crippen LogP contribution in [0.1, 0.15) is 44.1 Å². The first-order valence-corrected chi connectivity index (χ1v) is 8.12. The average Bonchev–Trinajstić information content (AvgIpc) is 2.49. The molecule has 2 fully saturated rings. The number of nitrogens with zero attached hydrogens (tertiary/aromatic N) is 1. The second kappa shape index (κ2) is 6.17. The summed E-state index contributed by atoms with van der Waals surface area (Å²) in [7, 11) is 0. The second-order valence-corrected chi connectivity index (χ2v) is 6.69. The molecule has 0 amide bonds. The standard InChI is InChI=1S/C18H24N2O/c19-13-18(15-7-2-1-3-8-15)10-16(11-18)20-12-14-6-4-5-9-17(14)21/h1-3,7-8,14,16-17,20-21H,4-6,9-12H2. The van der Waals surface area contributed by atoms with E-state index in [-0.39, 0.29) is 11.5 Å². The van der Waals surface area contributed by atoms with Crippen LogP contribution >= 0.6 is 0 Å². The van der Waals surface area contributed by atoms with E-state index in [1.807, 2.05) is 18.2 Å². The van der Waals surface area contributed by atoms with E-state index in [0.717, 1.165) is 44.2 Å². The highest BCUT2D eigenvalue weighted by Crippen LogP contribution is 2.43. The molecule has 0 saturated heterocycles. The molecule has 2 unspecified atom stereocenters. The van der Waals surface area contributed by atoms with Crippen LogP contribution in [0.5, 0.6) is 0 Å². The van der Waals surface area contributed by atoms with Gasteiger partial charge in [-0.1, -0.05) is 43.2 Å². The summed E-state index contributed by atoms with van der Waals surface area (Å²) in [5.74, 6) is 0.396. The van der Waals surface area contributed by atoms with Gasteiger partial charge in [-0.25, -0.2) is 0 Å². The fourth-order valence-electron chi connectivity index (χ4n) is 3.82. The summed E-state index contributed by atoms with van der Waals surface area (Å²) in [6.45, 7) is 0.891. The van der Waals surface area contributed by atoms with Crippen molar-refractivity contribution in [3.63, 3.8) is 0 Å². The fourth-order valence-corrected chi connectivity index (χ4v) is 3.82. The zero-order valence-electron chi connectivity index (χ0n) is 12.5. The van der Waals surface area contributed by atoms with Gasteiger partial charge in [0.1, 0.15) is 0 Å². The number of aliphatic hydroxyl groups is 1. The molecule has 3 nitrogen and oxygen atoms in total. The third kappa shape index (κ3) is 2.97. The SMILES string of the molecule is N#CC1(c2ccccc2)CC(NCC2CCCCC2O)C1. The summed E-state index contributed by atoms with van der Waals surface area (Å²) >= 11 is 0. The number of hydrogen-bond acceptors (Lipinski definition) is 3. The van der Waals surface area contributed by atoms with E-state index in [2.05, 4.69) is 23.5 Å². The molecule has 1 aromatic rings. The van der Waals surface area contributed by atoms with E-state index in [0.29, 0.717) is 12.0 Å². The Labute approximate surface area is 127 Å². The first kappa shape index (κ1) is 14.6. The van der Waals surface area contributed by atoms with E-state index in [1.165, 1.54) is 6.42 Å². The molecule has 2 N–H and O–H groups in total. The van der Waals surface area contributed by atoms with Crippen LogP contribution in [-0.2, 0) is 5.41 Å². The van der Waals surface area contributed by atoms with Gasteiger partial charge in [0, 0.05) is 12.6 Å². The molecule has 0 bridgehead atoms. The molecule has 0 aliphatic heterocycles. The molecule has 2 saturated carbocycles. The van der Waals surface area contributed by atoms with Crippen LogP contribution in [0.15, 0.2) is 30.3 Å². The Hall–Kier alpha value is -1.37. The maximum atomic E-state index is 10.0. The molecular formula is C18H24N2O. The van der Waals surface area contributed by atoms with Crippen LogP contribution in [0, 0.1) is 17.2 Å². The van der Waals surface area contributed by atoms with Gasteiger partial charge in [-0.3, -0.25) is 0 Å². The van der Waals surface area contributed by atoms with Crippen molar-refractivity contribution in [3.05, 3.63) is 35.9 Å². The van der Waals surface area contributed by atoms with Crippen molar-refractivity contribution in [2.45, 2.75) is 56.1 Å². The minimum atomic E-state index is -0.301. The summed E-state index contributed by atoms with van der Waals surface area (Å²) in [5.41, 5.74) is 0.840. The van der Waals surface area contributed by atoms with E-state index in [4.69, 9.17) is 0 Å². The number of rotatable bonds is 4. The van der Waals surface area contributed by atoms with Crippen LogP contribution < -0.4 is 5.32 Å². The van der Waals surface area contributed by atoms with Crippen molar-refractivity contribution in [1.82, 2.24) is 5.32 Å². The number of nitrogens with one attached hydrogen (secondary N) is 1. The lowest BCUT2D eigenvalue weighted by Gasteiger charge is -2.44. The summed E-state index contributed by atoms with van der Waals surface area (Å²) in [6, 6.07) is 13.1. The maximum Gasteiger partial charge on any atom is 0.0852 e. The summed E-state index contributed by atoms with van der Waals surface area (Å²) in [6.07, 6.45) is 6.10. The Morgan fingerprint density at radius 2 is 1.90 bits per heavy atom. The second-order valence-electron chi connectivity index (χ2n) is 6.69. The monoisotopic (exact) mass is 284 g/mol. The third-order valence-corrected chi connectivity index (χ3v) is 5.27. The molecule has 0 radical (unpaired) electrons. The van der Waals surface area contributed by atoms with Gasteiger partial charge >= 0.3 is 0 Å². The van der Waals surface area contributed by atoms with Gasteiger partial charge in [-0.05, 0) is 37.2 Å². The van der Waals surface area contributed by atoms with Crippen molar-refractivity contribution in [1.29, 1.82) is 5.26 Å². The first-order valence-electron chi connectivity index (χ1n) is 8.12. The van der Waals surface area contributed by atoms with Gasteiger partial charge < -0.3 is 10.4 Å². The van der Waals surface area contributed by atoms with Gasteiger partial charge in [0.05, 0.1) is 17.6 Å². The van der Waals surface area contributed by atoms with Crippen LogP contribution in [-0.4, -0.2) is 23.8 Å². The molecule has 112 valence electrons. The molecule has 0 spiro atoms. The summed E-state index contributed by atoms with van der Waals surface area (Å²) in [4.78, 5) is 0. The van der Waals surface area contributed by atoms with Gasteiger partial charge in [0.25, 0.3) is 0 Å². The van der Waals surface area contributed by atoms with Crippen molar-refractivity contribution in [2.75, 3.05) is 6.54 Å². The zero-order chi connectivity index (χ0) is 14.7. The molecule has 1 aromatic carbocycles. The van der Waals surface area contributed by atoms with Gasteiger partial charge in [0.15, 0.2) is 0 Å². The Morgan fingerprint density at radius 3 is 2.57 bits per heavy atom. The molecule has 0 heterocycles. The number of aliphatic hydroxyl groups excluding tert-OH is 1. The van der Waals surface area contributed by atoms with Crippen molar-refractivity contribution in [2.24, 2.45) is 5.92 Å². The number of benzene rings is 1. The third-order valence-electron chi connectivity index (χ3n) is 5.27. The summed E-state index contributed by atoms with van der Waals surface area (Å²) < 4.78 is 0. The highest BCUT2D eigenvalue weighted by molar-refractivity contribution is 5.36. The van der Waals surface area contributed by atoms with Crippen LogP contribution in [0.4, 0.5) is 0 Å².